The first-order valence-corrected chi connectivity index (χ1v) is 5.45. The molecule has 0 spiro atoms. The van der Waals surface area contributed by atoms with Crippen molar-refractivity contribution in [1.29, 1.82) is 0 Å². The summed E-state index contributed by atoms with van der Waals surface area (Å²) < 4.78 is 0. The second-order valence-corrected chi connectivity index (χ2v) is 4.79. The first kappa shape index (κ1) is 9.44. The summed E-state index contributed by atoms with van der Waals surface area (Å²) in [6.07, 6.45) is 5.98. The molecule has 4 N–H and O–H groups in total. The average Bonchev–Trinajstić information content (AvgIpc) is 2.84. The summed E-state index contributed by atoms with van der Waals surface area (Å²) in [6, 6.07) is 0.448. The van der Waals surface area contributed by atoms with Gasteiger partial charge in [0.1, 0.15) is 0 Å². The van der Waals surface area contributed by atoms with Crippen LogP contribution in [0, 0.1) is 0 Å². The number of nitrogens with zero attached hydrogens (tertiary/aromatic N) is 1. The lowest BCUT2D eigenvalue weighted by Crippen LogP contribution is -2.41. The van der Waals surface area contributed by atoms with Gasteiger partial charge in [-0.25, -0.2) is 0 Å². The van der Waals surface area contributed by atoms with E-state index in [4.69, 9.17) is 11.5 Å². The molecule has 0 amide bonds. The van der Waals surface area contributed by atoms with Crippen LogP contribution in [0.25, 0.3) is 0 Å². The van der Waals surface area contributed by atoms with E-state index >= 15 is 0 Å². The summed E-state index contributed by atoms with van der Waals surface area (Å²) in [5.41, 5.74) is 12.1. The van der Waals surface area contributed by atoms with Crippen molar-refractivity contribution in [3.63, 3.8) is 0 Å². The number of hydrogen-bond donors (Lipinski definition) is 2. The molecule has 0 radical (unpaired) electrons. The first-order chi connectivity index (χ1) is 6.18. The van der Waals surface area contributed by atoms with Crippen molar-refractivity contribution in [2.24, 2.45) is 11.5 Å². The zero-order chi connectivity index (χ0) is 9.31. The molecule has 1 aliphatic carbocycles. The molecule has 2 aliphatic rings. The van der Waals surface area contributed by atoms with Crippen LogP contribution in [0.3, 0.4) is 0 Å². The largest absolute Gasteiger partial charge is 0.328 e. The monoisotopic (exact) mass is 183 g/mol. The van der Waals surface area contributed by atoms with Crippen LogP contribution in [0.5, 0.6) is 0 Å². The van der Waals surface area contributed by atoms with Crippen LogP contribution in [0.2, 0.25) is 0 Å². The van der Waals surface area contributed by atoms with E-state index in [1.165, 1.54) is 38.9 Å². The second-order valence-electron chi connectivity index (χ2n) is 4.79. The zero-order valence-corrected chi connectivity index (χ0v) is 8.34. The van der Waals surface area contributed by atoms with Crippen molar-refractivity contribution in [2.75, 3.05) is 19.6 Å². The molecule has 3 nitrogen and oxygen atoms in total. The third-order valence-corrected chi connectivity index (χ3v) is 3.45. The fourth-order valence-electron chi connectivity index (χ4n) is 1.97. The topological polar surface area (TPSA) is 55.3 Å². The Morgan fingerprint density at radius 1 is 1.23 bits per heavy atom. The molecule has 0 aromatic heterocycles. The van der Waals surface area contributed by atoms with Gasteiger partial charge < -0.3 is 16.4 Å². The Morgan fingerprint density at radius 3 is 2.38 bits per heavy atom. The highest BCUT2D eigenvalue weighted by Crippen LogP contribution is 2.35. The number of piperidine rings is 1. The second kappa shape index (κ2) is 3.56. The van der Waals surface area contributed by atoms with Crippen molar-refractivity contribution < 1.29 is 0 Å². The Labute approximate surface area is 80.5 Å². The molecular weight excluding hydrogens is 162 g/mol. The van der Waals surface area contributed by atoms with Gasteiger partial charge in [0.15, 0.2) is 0 Å². The van der Waals surface area contributed by atoms with Gasteiger partial charge in [-0.05, 0) is 51.7 Å². The van der Waals surface area contributed by atoms with Gasteiger partial charge in [-0.1, -0.05) is 0 Å². The standard InChI is InChI=1S/C10H21N3/c11-9-1-6-13(7-2-9)8-5-10(12)3-4-10/h9H,1-8,11-12H2. The third-order valence-electron chi connectivity index (χ3n) is 3.45. The van der Waals surface area contributed by atoms with E-state index in [0.717, 1.165) is 12.8 Å². The molecule has 0 bridgehead atoms. The Morgan fingerprint density at radius 2 is 1.85 bits per heavy atom. The average molecular weight is 183 g/mol. The molecule has 0 aromatic rings. The maximum absolute atomic E-state index is 6.04. The van der Waals surface area contributed by atoms with Gasteiger partial charge in [0.25, 0.3) is 0 Å². The highest BCUT2D eigenvalue weighted by molar-refractivity contribution is 4.99. The first-order valence-electron chi connectivity index (χ1n) is 5.45. The van der Waals surface area contributed by atoms with E-state index in [0.29, 0.717) is 6.04 Å². The molecule has 1 saturated heterocycles. The maximum Gasteiger partial charge on any atom is 0.0167 e. The number of likely N-dealkylation sites (tertiary alicyclic amines) is 1. The minimum atomic E-state index is 0.222. The zero-order valence-electron chi connectivity index (χ0n) is 8.34. The van der Waals surface area contributed by atoms with Gasteiger partial charge in [0, 0.05) is 11.6 Å². The summed E-state index contributed by atoms with van der Waals surface area (Å²) in [5, 5.41) is 0. The minimum Gasteiger partial charge on any atom is -0.328 e. The molecular formula is C10H21N3. The molecule has 2 rings (SSSR count). The number of nitrogens with two attached hydrogens (primary N) is 2. The van der Waals surface area contributed by atoms with Crippen molar-refractivity contribution >= 4 is 0 Å². The van der Waals surface area contributed by atoms with Crippen LogP contribution in [0.15, 0.2) is 0 Å². The Bertz CT molecular complexity index is 169. The Hall–Kier alpha value is -0.120. The SMILES string of the molecule is NC1CCN(CCC2(N)CC2)CC1. The van der Waals surface area contributed by atoms with Crippen LogP contribution < -0.4 is 11.5 Å². The van der Waals surface area contributed by atoms with Crippen molar-refractivity contribution in [1.82, 2.24) is 4.90 Å². The van der Waals surface area contributed by atoms with Crippen LogP contribution in [0.1, 0.15) is 32.1 Å². The van der Waals surface area contributed by atoms with Crippen LogP contribution in [-0.2, 0) is 0 Å². The van der Waals surface area contributed by atoms with Gasteiger partial charge in [-0.3, -0.25) is 0 Å². The van der Waals surface area contributed by atoms with E-state index in [-0.39, 0.29) is 5.54 Å². The molecule has 1 aliphatic heterocycles. The smallest absolute Gasteiger partial charge is 0.0167 e. The Balaban J connectivity index is 1.65. The van der Waals surface area contributed by atoms with Crippen LogP contribution >= 0.6 is 0 Å². The van der Waals surface area contributed by atoms with Gasteiger partial charge in [-0.15, -0.1) is 0 Å². The normalized spacial score (nSPS) is 29.1. The lowest BCUT2D eigenvalue weighted by molar-refractivity contribution is 0.205. The summed E-state index contributed by atoms with van der Waals surface area (Å²) in [6.45, 7) is 3.54. The molecule has 2 fully saturated rings. The van der Waals surface area contributed by atoms with Gasteiger partial charge in [0.05, 0.1) is 0 Å². The van der Waals surface area contributed by atoms with Gasteiger partial charge in [0.2, 0.25) is 0 Å². The molecule has 0 unspecified atom stereocenters. The van der Waals surface area contributed by atoms with Crippen molar-refractivity contribution in [3.05, 3.63) is 0 Å². The van der Waals surface area contributed by atoms with E-state index < -0.39 is 0 Å². The molecule has 1 heterocycles. The van der Waals surface area contributed by atoms with Gasteiger partial charge >= 0.3 is 0 Å². The molecule has 3 heteroatoms. The molecule has 76 valence electrons. The fourth-order valence-corrected chi connectivity index (χ4v) is 1.97. The fraction of sp³-hybridized carbons (Fsp3) is 1.00. The predicted octanol–water partition coefficient (Wildman–Crippen LogP) is 0.291. The molecule has 13 heavy (non-hydrogen) atoms. The van der Waals surface area contributed by atoms with E-state index in [9.17, 15) is 0 Å². The van der Waals surface area contributed by atoms with E-state index in [1.807, 2.05) is 0 Å². The molecule has 1 saturated carbocycles. The lowest BCUT2D eigenvalue weighted by Gasteiger charge is -2.30. The minimum absolute atomic E-state index is 0.222. The summed E-state index contributed by atoms with van der Waals surface area (Å²) in [5.74, 6) is 0. The molecule has 0 atom stereocenters. The van der Waals surface area contributed by atoms with Crippen molar-refractivity contribution in [2.45, 2.75) is 43.7 Å². The number of hydrogen-bond acceptors (Lipinski definition) is 3. The van der Waals surface area contributed by atoms with Crippen LogP contribution in [0.4, 0.5) is 0 Å². The summed E-state index contributed by atoms with van der Waals surface area (Å²) >= 11 is 0. The summed E-state index contributed by atoms with van der Waals surface area (Å²) in [4.78, 5) is 2.51. The predicted molar refractivity (Wildman–Crippen MR) is 54.4 cm³/mol. The third kappa shape index (κ3) is 2.66. The Kier molecular flexibility index (Phi) is 2.58. The quantitative estimate of drug-likeness (QED) is 0.661. The van der Waals surface area contributed by atoms with E-state index in [1.54, 1.807) is 0 Å². The lowest BCUT2D eigenvalue weighted by atomic mass is 10.1. The van der Waals surface area contributed by atoms with E-state index in [2.05, 4.69) is 4.90 Å². The van der Waals surface area contributed by atoms with Crippen molar-refractivity contribution in [3.8, 4) is 0 Å². The van der Waals surface area contributed by atoms with Gasteiger partial charge in [-0.2, -0.15) is 0 Å². The maximum atomic E-state index is 6.04. The highest BCUT2D eigenvalue weighted by atomic mass is 15.1. The highest BCUT2D eigenvalue weighted by Gasteiger charge is 2.37. The molecule has 0 aromatic carbocycles. The number of rotatable bonds is 3. The van der Waals surface area contributed by atoms with Crippen LogP contribution in [-0.4, -0.2) is 36.1 Å². The summed E-state index contributed by atoms with van der Waals surface area (Å²) in [7, 11) is 0.